The molecule has 3 rings (SSSR count). The quantitative estimate of drug-likeness (QED) is 0.581. The Morgan fingerprint density at radius 2 is 1.90 bits per heavy atom. The molecule has 8 heteroatoms. The lowest BCUT2D eigenvalue weighted by Crippen LogP contribution is -2.31. The summed E-state index contributed by atoms with van der Waals surface area (Å²) in [5.74, 6) is -0.0898. The van der Waals surface area contributed by atoms with Gasteiger partial charge in [0, 0.05) is 6.07 Å². The maximum absolute atomic E-state index is 12.0. The first-order valence-corrected chi connectivity index (χ1v) is 9.21. The fourth-order valence-corrected chi connectivity index (χ4v) is 2.74. The summed E-state index contributed by atoms with van der Waals surface area (Å²) < 4.78 is 15.4. The lowest BCUT2D eigenvalue weighted by molar-refractivity contribution is -0.155. The van der Waals surface area contributed by atoms with E-state index < -0.39 is 18.0 Å². The molecule has 2 aromatic carbocycles. The highest BCUT2D eigenvalue weighted by Crippen LogP contribution is 2.30. The number of halogens is 1. The van der Waals surface area contributed by atoms with Gasteiger partial charge in [0.05, 0.1) is 5.02 Å². The molecule has 29 heavy (non-hydrogen) atoms. The normalized spacial score (nSPS) is 11.6. The number of esters is 1. The van der Waals surface area contributed by atoms with Crippen LogP contribution >= 0.6 is 11.6 Å². The largest absolute Gasteiger partial charge is 0.480 e. The Kier molecular flexibility index (Phi) is 6.51. The molecule has 0 aliphatic carbocycles. The number of aromatic nitrogens is 1. The van der Waals surface area contributed by atoms with Crippen molar-refractivity contribution in [1.82, 2.24) is 5.16 Å². The van der Waals surface area contributed by atoms with Gasteiger partial charge in [0.25, 0.3) is 5.91 Å². The van der Waals surface area contributed by atoms with Crippen molar-refractivity contribution in [3.05, 3.63) is 65.4 Å². The third-order valence-corrected chi connectivity index (χ3v) is 4.24. The topological polar surface area (TPSA) is 90.7 Å². The number of benzene rings is 2. The van der Waals surface area contributed by atoms with Gasteiger partial charge in [-0.15, -0.1) is 0 Å². The minimum absolute atomic E-state index is 0.247. The Balaban J connectivity index is 1.51. The highest BCUT2D eigenvalue weighted by atomic mass is 35.5. The summed E-state index contributed by atoms with van der Waals surface area (Å²) in [4.78, 5) is 24.0. The number of aryl methyl sites for hydroxylation is 1. The molecule has 0 unspecified atom stereocenters. The molecular weight excluding hydrogens is 396 g/mol. The van der Waals surface area contributed by atoms with E-state index >= 15 is 0 Å². The number of nitrogens with zero attached hydrogens (tertiary/aromatic N) is 1. The van der Waals surface area contributed by atoms with E-state index in [1.165, 1.54) is 6.92 Å². The van der Waals surface area contributed by atoms with Crippen molar-refractivity contribution in [2.45, 2.75) is 20.0 Å². The molecule has 150 valence electrons. The standard InChI is InChI=1S/C21H19ClN2O5/c1-13-10-19(24-29-13)23-21(26)14(2)28-20(25)12-27-18-9-8-16(11-17(18)22)15-6-4-3-5-7-15/h3-11,14H,12H2,1-2H3,(H,23,24,26)/t14-/m0/s1. The van der Waals surface area contributed by atoms with Crippen LogP contribution in [0.4, 0.5) is 5.82 Å². The van der Waals surface area contributed by atoms with Gasteiger partial charge in [-0.1, -0.05) is 53.2 Å². The second-order valence-corrected chi connectivity index (χ2v) is 6.65. The molecule has 0 saturated heterocycles. The van der Waals surface area contributed by atoms with Crippen molar-refractivity contribution in [3.8, 4) is 16.9 Å². The monoisotopic (exact) mass is 414 g/mol. The van der Waals surface area contributed by atoms with Gasteiger partial charge in [0.15, 0.2) is 18.5 Å². The van der Waals surface area contributed by atoms with E-state index in [0.29, 0.717) is 16.5 Å². The summed E-state index contributed by atoms with van der Waals surface area (Å²) in [6.45, 7) is 2.76. The van der Waals surface area contributed by atoms with Crippen LogP contribution in [0.5, 0.6) is 5.75 Å². The van der Waals surface area contributed by atoms with Crippen molar-refractivity contribution < 1.29 is 23.6 Å². The van der Waals surface area contributed by atoms with E-state index in [1.54, 1.807) is 25.1 Å². The third-order valence-electron chi connectivity index (χ3n) is 3.94. The Morgan fingerprint density at radius 1 is 1.14 bits per heavy atom. The number of hydrogen-bond acceptors (Lipinski definition) is 6. The summed E-state index contributed by atoms with van der Waals surface area (Å²) in [7, 11) is 0. The molecule has 7 nitrogen and oxygen atoms in total. The minimum Gasteiger partial charge on any atom is -0.480 e. The smallest absolute Gasteiger partial charge is 0.344 e. The van der Waals surface area contributed by atoms with E-state index in [2.05, 4.69) is 10.5 Å². The predicted molar refractivity (Wildman–Crippen MR) is 108 cm³/mol. The van der Waals surface area contributed by atoms with Gasteiger partial charge in [0.1, 0.15) is 11.5 Å². The molecule has 3 aromatic rings. The molecule has 0 saturated carbocycles. The SMILES string of the molecule is Cc1cc(NC(=O)[C@H](C)OC(=O)COc2ccc(-c3ccccc3)cc2Cl)no1. The Labute approximate surface area is 172 Å². The van der Waals surface area contributed by atoms with E-state index in [4.69, 9.17) is 25.6 Å². The summed E-state index contributed by atoms with van der Waals surface area (Å²) in [6, 6.07) is 16.6. The fraction of sp³-hybridized carbons (Fsp3) is 0.190. The number of nitrogens with one attached hydrogen (secondary N) is 1. The van der Waals surface area contributed by atoms with Gasteiger partial charge >= 0.3 is 5.97 Å². The van der Waals surface area contributed by atoms with Crippen molar-refractivity contribution in [1.29, 1.82) is 0 Å². The molecule has 1 heterocycles. The zero-order valence-electron chi connectivity index (χ0n) is 15.8. The zero-order chi connectivity index (χ0) is 20.8. The van der Waals surface area contributed by atoms with Crippen molar-refractivity contribution in [2.24, 2.45) is 0 Å². The van der Waals surface area contributed by atoms with Crippen LogP contribution in [0.2, 0.25) is 5.02 Å². The van der Waals surface area contributed by atoms with E-state index in [-0.39, 0.29) is 12.4 Å². The number of anilines is 1. The van der Waals surface area contributed by atoms with Gasteiger partial charge < -0.3 is 19.3 Å². The van der Waals surface area contributed by atoms with Gasteiger partial charge in [-0.3, -0.25) is 4.79 Å². The third kappa shape index (κ3) is 5.58. The maximum Gasteiger partial charge on any atom is 0.344 e. The second-order valence-electron chi connectivity index (χ2n) is 6.24. The summed E-state index contributed by atoms with van der Waals surface area (Å²) in [5, 5.41) is 6.50. The van der Waals surface area contributed by atoms with Crippen LogP contribution in [0, 0.1) is 6.92 Å². The highest BCUT2D eigenvalue weighted by Gasteiger charge is 2.19. The molecular formula is C21H19ClN2O5. The van der Waals surface area contributed by atoms with Crippen LogP contribution < -0.4 is 10.1 Å². The van der Waals surface area contributed by atoms with Crippen LogP contribution in [0.25, 0.3) is 11.1 Å². The van der Waals surface area contributed by atoms with Crippen LogP contribution in [-0.2, 0) is 14.3 Å². The molecule has 1 N–H and O–H groups in total. The lowest BCUT2D eigenvalue weighted by Gasteiger charge is -2.13. The number of amides is 1. The highest BCUT2D eigenvalue weighted by molar-refractivity contribution is 6.32. The first-order valence-electron chi connectivity index (χ1n) is 8.84. The van der Waals surface area contributed by atoms with Gasteiger partial charge in [-0.25, -0.2) is 4.79 Å². The number of carbonyl (C=O) groups is 2. The van der Waals surface area contributed by atoms with Gasteiger partial charge in [-0.2, -0.15) is 0 Å². The van der Waals surface area contributed by atoms with Crippen LogP contribution in [0.1, 0.15) is 12.7 Å². The van der Waals surface area contributed by atoms with Crippen molar-refractivity contribution in [3.63, 3.8) is 0 Å². The Morgan fingerprint density at radius 3 is 2.55 bits per heavy atom. The first kappa shape index (κ1) is 20.4. The number of ether oxygens (including phenoxy) is 2. The maximum atomic E-state index is 12.0. The molecule has 1 atom stereocenters. The number of hydrogen-bond donors (Lipinski definition) is 1. The Hall–Kier alpha value is -3.32. The summed E-state index contributed by atoms with van der Waals surface area (Å²) >= 11 is 6.25. The van der Waals surface area contributed by atoms with Crippen LogP contribution in [0.3, 0.4) is 0 Å². The molecule has 0 aliphatic heterocycles. The van der Waals surface area contributed by atoms with Gasteiger partial charge in [0.2, 0.25) is 0 Å². The molecule has 1 amide bonds. The number of rotatable bonds is 7. The molecule has 0 bridgehead atoms. The second kappa shape index (κ2) is 9.25. The van der Waals surface area contributed by atoms with Crippen molar-refractivity contribution in [2.75, 3.05) is 11.9 Å². The first-order chi connectivity index (χ1) is 13.9. The molecule has 0 spiro atoms. The van der Waals surface area contributed by atoms with E-state index in [9.17, 15) is 9.59 Å². The summed E-state index contributed by atoms with van der Waals surface area (Å²) in [6.07, 6.45) is -1.03. The van der Waals surface area contributed by atoms with Crippen molar-refractivity contribution >= 4 is 29.3 Å². The Bertz CT molecular complexity index is 1000. The van der Waals surface area contributed by atoms with E-state index in [0.717, 1.165) is 11.1 Å². The summed E-state index contributed by atoms with van der Waals surface area (Å²) in [5.41, 5.74) is 1.95. The molecule has 0 aliphatic rings. The van der Waals surface area contributed by atoms with Gasteiger partial charge in [-0.05, 0) is 37.1 Å². The zero-order valence-corrected chi connectivity index (χ0v) is 16.6. The minimum atomic E-state index is -1.03. The molecule has 1 aromatic heterocycles. The average Bonchev–Trinajstić information content (AvgIpc) is 3.12. The molecule has 0 fully saturated rings. The van der Waals surface area contributed by atoms with E-state index in [1.807, 2.05) is 36.4 Å². The predicted octanol–water partition coefficient (Wildman–Crippen LogP) is 4.25. The average molecular weight is 415 g/mol. The molecule has 0 radical (unpaired) electrons. The number of carbonyl (C=O) groups excluding carboxylic acids is 2. The lowest BCUT2D eigenvalue weighted by atomic mass is 10.1. The fourth-order valence-electron chi connectivity index (χ4n) is 2.50. The van der Waals surface area contributed by atoms with Crippen LogP contribution in [-0.4, -0.2) is 29.7 Å². The van der Waals surface area contributed by atoms with Crippen LogP contribution in [0.15, 0.2) is 59.1 Å².